The Morgan fingerprint density at radius 1 is 1.24 bits per heavy atom. The molecule has 0 saturated carbocycles. The Morgan fingerprint density at radius 2 is 2.07 bits per heavy atom. The van der Waals surface area contributed by atoms with E-state index in [4.69, 9.17) is 0 Å². The quantitative estimate of drug-likeness (QED) is 0.526. The highest BCUT2D eigenvalue weighted by Gasteiger charge is 2.10. The zero-order valence-corrected chi connectivity index (χ0v) is 16.3. The molecule has 1 amide bonds. The van der Waals surface area contributed by atoms with E-state index in [1.165, 1.54) is 0 Å². The first-order valence-corrected chi connectivity index (χ1v) is 9.62. The summed E-state index contributed by atoms with van der Waals surface area (Å²) in [5.41, 5.74) is 1.95. The van der Waals surface area contributed by atoms with E-state index in [9.17, 15) is 9.59 Å². The van der Waals surface area contributed by atoms with E-state index in [1.807, 2.05) is 42.8 Å². The summed E-state index contributed by atoms with van der Waals surface area (Å²) in [6, 6.07) is 9.30. The van der Waals surface area contributed by atoms with Gasteiger partial charge < -0.3 is 10.3 Å². The number of pyridine rings is 1. The van der Waals surface area contributed by atoms with Crippen LogP contribution in [0.2, 0.25) is 0 Å². The summed E-state index contributed by atoms with van der Waals surface area (Å²) in [5.74, 6) is 0.483. The third-order valence-electron chi connectivity index (χ3n) is 4.69. The number of aromatic amines is 1. The van der Waals surface area contributed by atoms with E-state index in [1.54, 1.807) is 18.5 Å². The van der Waals surface area contributed by atoms with Crippen LogP contribution in [-0.2, 0) is 11.2 Å². The molecule has 4 rings (SSSR count). The molecule has 3 aromatic heterocycles. The Kier molecular flexibility index (Phi) is 5.07. The molecule has 0 radical (unpaired) electrons. The number of aromatic nitrogens is 5. The van der Waals surface area contributed by atoms with Crippen LogP contribution in [0.5, 0.6) is 0 Å². The molecule has 0 saturated heterocycles. The first-order chi connectivity index (χ1) is 14.0. The molecule has 0 bridgehead atoms. The van der Waals surface area contributed by atoms with Gasteiger partial charge in [-0.15, -0.1) is 0 Å². The number of carbonyl (C=O) groups is 1. The molecular weight excluding hydrogens is 368 g/mol. The SMILES string of the molecule is CC(C)n1ncc2cc(NC(=O)CCCc3nc4ccccc4c(=O)[nH]3)cnc21. The second-order valence-corrected chi connectivity index (χ2v) is 7.25. The lowest BCUT2D eigenvalue weighted by Gasteiger charge is -2.08. The third-order valence-corrected chi connectivity index (χ3v) is 4.69. The monoisotopic (exact) mass is 390 g/mol. The lowest BCUT2D eigenvalue weighted by atomic mass is 10.2. The smallest absolute Gasteiger partial charge is 0.258 e. The number of aryl methyl sites for hydroxylation is 1. The molecule has 0 fully saturated rings. The van der Waals surface area contributed by atoms with Crippen molar-refractivity contribution < 1.29 is 4.79 Å². The van der Waals surface area contributed by atoms with E-state index in [0.717, 1.165) is 11.0 Å². The van der Waals surface area contributed by atoms with Crippen molar-refractivity contribution in [1.82, 2.24) is 24.7 Å². The number of amides is 1. The number of nitrogens with one attached hydrogen (secondary N) is 2. The Labute approximate surface area is 167 Å². The highest BCUT2D eigenvalue weighted by atomic mass is 16.1. The predicted octanol–water partition coefficient (Wildman–Crippen LogP) is 3.21. The fourth-order valence-electron chi connectivity index (χ4n) is 3.28. The van der Waals surface area contributed by atoms with Crippen molar-refractivity contribution in [2.24, 2.45) is 0 Å². The number of rotatable bonds is 6. The van der Waals surface area contributed by atoms with Crippen molar-refractivity contribution in [3.63, 3.8) is 0 Å². The molecule has 0 atom stereocenters. The Morgan fingerprint density at radius 3 is 2.90 bits per heavy atom. The number of benzene rings is 1. The van der Waals surface area contributed by atoms with Crippen LogP contribution < -0.4 is 10.9 Å². The second kappa shape index (κ2) is 7.83. The number of H-pyrrole nitrogens is 1. The highest BCUT2D eigenvalue weighted by molar-refractivity contribution is 5.92. The number of para-hydroxylation sites is 1. The van der Waals surface area contributed by atoms with Crippen molar-refractivity contribution in [3.8, 4) is 0 Å². The normalized spacial score (nSPS) is 11.4. The predicted molar refractivity (Wildman–Crippen MR) is 112 cm³/mol. The van der Waals surface area contributed by atoms with Crippen molar-refractivity contribution in [2.45, 2.75) is 39.2 Å². The molecular formula is C21H22N6O2. The number of fused-ring (bicyclic) bond motifs is 2. The van der Waals surface area contributed by atoms with Crippen molar-refractivity contribution in [2.75, 3.05) is 5.32 Å². The summed E-state index contributed by atoms with van der Waals surface area (Å²) in [6.45, 7) is 4.09. The minimum atomic E-state index is -0.156. The van der Waals surface area contributed by atoms with E-state index in [-0.39, 0.29) is 17.5 Å². The summed E-state index contributed by atoms with van der Waals surface area (Å²) in [7, 11) is 0. The van der Waals surface area contributed by atoms with Gasteiger partial charge in [-0.2, -0.15) is 5.10 Å². The number of hydrogen-bond acceptors (Lipinski definition) is 5. The average Bonchev–Trinajstić information content (AvgIpc) is 3.11. The maximum Gasteiger partial charge on any atom is 0.258 e. The summed E-state index contributed by atoms with van der Waals surface area (Å²) < 4.78 is 1.85. The van der Waals surface area contributed by atoms with E-state index in [0.29, 0.717) is 41.7 Å². The summed E-state index contributed by atoms with van der Waals surface area (Å²) in [5, 5.41) is 8.65. The zero-order valence-electron chi connectivity index (χ0n) is 16.3. The molecule has 8 heteroatoms. The van der Waals surface area contributed by atoms with Gasteiger partial charge >= 0.3 is 0 Å². The largest absolute Gasteiger partial charge is 0.325 e. The molecule has 0 aliphatic heterocycles. The summed E-state index contributed by atoms with van der Waals surface area (Å²) in [6.07, 6.45) is 4.81. The van der Waals surface area contributed by atoms with Crippen LogP contribution in [0, 0.1) is 0 Å². The van der Waals surface area contributed by atoms with Crippen LogP contribution in [0.1, 0.15) is 38.6 Å². The van der Waals surface area contributed by atoms with E-state index < -0.39 is 0 Å². The lowest BCUT2D eigenvalue weighted by Crippen LogP contribution is -2.14. The van der Waals surface area contributed by atoms with Gasteiger partial charge in [0.1, 0.15) is 5.82 Å². The Hall–Kier alpha value is -3.55. The average molecular weight is 390 g/mol. The van der Waals surface area contributed by atoms with Gasteiger partial charge in [0.15, 0.2) is 5.65 Å². The van der Waals surface area contributed by atoms with Gasteiger partial charge in [0, 0.05) is 24.3 Å². The van der Waals surface area contributed by atoms with Crippen molar-refractivity contribution in [3.05, 3.63) is 58.9 Å². The lowest BCUT2D eigenvalue weighted by molar-refractivity contribution is -0.116. The fraction of sp³-hybridized carbons (Fsp3) is 0.286. The minimum Gasteiger partial charge on any atom is -0.325 e. The summed E-state index contributed by atoms with van der Waals surface area (Å²) >= 11 is 0. The molecule has 0 unspecified atom stereocenters. The maximum atomic E-state index is 12.3. The van der Waals surface area contributed by atoms with Crippen LogP contribution in [0.15, 0.2) is 47.5 Å². The Balaban J connectivity index is 1.37. The molecule has 148 valence electrons. The molecule has 1 aromatic carbocycles. The molecule has 3 heterocycles. The van der Waals surface area contributed by atoms with Gasteiger partial charge in [-0.3, -0.25) is 9.59 Å². The van der Waals surface area contributed by atoms with Gasteiger partial charge in [0.25, 0.3) is 5.56 Å². The number of hydrogen-bond donors (Lipinski definition) is 2. The molecule has 8 nitrogen and oxygen atoms in total. The van der Waals surface area contributed by atoms with Gasteiger partial charge in [0.2, 0.25) is 5.91 Å². The van der Waals surface area contributed by atoms with Gasteiger partial charge in [-0.05, 0) is 38.5 Å². The van der Waals surface area contributed by atoms with Gasteiger partial charge in [0.05, 0.1) is 29.0 Å². The Bertz CT molecular complexity index is 1240. The van der Waals surface area contributed by atoms with E-state index in [2.05, 4.69) is 25.4 Å². The first kappa shape index (κ1) is 18.8. The third kappa shape index (κ3) is 4.01. The van der Waals surface area contributed by atoms with Crippen LogP contribution >= 0.6 is 0 Å². The highest BCUT2D eigenvalue weighted by Crippen LogP contribution is 2.19. The minimum absolute atomic E-state index is 0.106. The maximum absolute atomic E-state index is 12.3. The summed E-state index contributed by atoms with van der Waals surface area (Å²) in [4.78, 5) is 36.0. The molecule has 4 aromatic rings. The molecule has 0 aliphatic rings. The molecule has 2 N–H and O–H groups in total. The number of nitrogens with zero attached hydrogens (tertiary/aromatic N) is 4. The number of anilines is 1. The van der Waals surface area contributed by atoms with Crippen molar-refractivity contribution >= 4 is 33.5 Å². The van der Waals surface area contributed by atoms with Gasteiger partial charge in [-0.25, -0.2) is 14.6 Å². The van der Waals surface area contributed by atoms with Crippen LogP contribution in [0.3, 0.4) is 0 Å². The van der Waals surface area contributed by atoms with Crippen LogP contribution in [0.25, 0.3) is 21.9 Å². The molecule has 0 aliphatic carbocycles. The standard InChI is InChI=1S/C21H22N6O2/c1-13(2)27-20-14(11-23-27)10-15(12-22-20)24-19(28)9-5-8-18-25-17-7-4-3-6-16(17)21(29)26-18/h3-4,6-7,10-13H,5,8-9H2,1-2H3,(H,24,28)(H,25,26,29). The van der Waals surface area contributed by atoms with Crippen LogP contribution in [-0.4, -0.2) is 30.6 Å². The first-order valence-electron chi connectivity index (χ1n) is 9.62. The molecule has 0 spiro atoms. The topological polar surface area (TPSA) is 106 Å². The second-order valence-electron chi connectivity index (χ2n) is 7.25. The molecule has 29 heavy (non-hydrogen) atoms. The van der Waals surface area contributed by atoms with E-state index >= 15 is 0 Å². The zero-order chi connectivity index (χ0) is 20.4. The van der Waals surface area contributed by atoms with Gasteiger partial charge in [-0.1, -0.05) is 12.1 Å². The number of carbonyl (C=O) groups excluding carboxylic acids is 1. The van der Waals surface area contributed by atoms with Crippen LogP contribution in [0.4, 0.5) is 5.69 Å². The fourth-order valence-corrected chi connectivity index (χ4v) is 3.28. The van der Waals surface area contributed by atoms with Crippen molar-refractivity contribution in [1.29, 1.82) is 0 Å².